The standard InChI is InChI=1S/C14H16ClNO4/c15-11-3-1-2-4-12(11)20-6-5-13(17)16-8-10(9-16)7-14(18)19/h1-4,10H,5-9H2,(H,18,19). The Balaban J connectivity index is 1.67. The van der Waals surface area contributed by atoms with Crippen molar-refractivity contribution < 1.29 is 19.4 Å². The van der Waals surface area contributed by atoms with Crippen LogP contribution in [0.1, 0.15) is 12.8 Å². The zero-order valence-corrected chi connectivity index (χ0v) is 11.7. The summed E-state index contributed by atoms with van der Waals surface area (Å²) in [5.74, 6) is -0.182. The number of benzene rings is 1. The van der Waals surface area contributed by atoms with E-state index in [4.69, 9.17) is 21.4 Å². The van der Waals surface area contributed by atoms with Crippen LogP contribution in [0.25, 0.3) is 0 Å². The largest absolute Gasteiger partial charge is 0.491 e. The first-order valence-electron chi connectivity index (χ1n) is 6.43. The topological polar surface area (TPSA) is 66.8 Å². The molecular formula is C14H16ClNO4. The van der Waals surface area contributed by atoms with Gasteiger partial charge in [0.2, 0.25) is 5.91 Å². The van der Waals surface area contributed by atoms with Crippen molar-refractivity contribution in [3.8, 4) is 5.75 Å². The Kier molecular flexibility index (Phi) is 4.84. The van der Waals surface area contributed by atoms with E-state index in [1.165, 1.54) is 0 Å². The lowest BCUT2D eigenvalue weighted by Crippen LogP contribution is -2.50. The van der Waals surface area contributed by atoms with Gasteiger partial charge in [0.25, 0.3) is 0 Å². The lowest BCUT2D eigenvalue weighted by molar-refractivity contribution is -0.145. The smallest absolute Gasteiger partial charge is 0.303 e. The number of hydrogen-bond donors (Lipinski definition) is 1. The molecule has 1 aliphatic rings. The molecule has 0 aliphatic carbocycles. The Hall–Kier alpha value is -1.75. The minimum atomic E-state index is -0.816. The lowest BCUT2D eigenvalue weighted by atomic mass is 9.96. The summed E-state index contributed by atoms with van der Waals surface area (Å²) in [6.45, 7) is 1.32. The number of hydrogen-bond acceptors (Lipinski definition) is 3. The van der Waals surface area contributed by atoms with Gasteiger partial charge in [-0.15, -0.1) is 0 Å². The number of para-hydroxylation sites is 1. The molecular weight excluding hydrogens is 282 g/mol. The number of aliphatic carboxylic acids is 1. The number of carbonyl (C=O) groups is 2. The molecule has 1 fully saturated rings. The summed E-state index contributed by atoms with van der Waals surface area (Å²) in [5.41, 5.74) is 0. The fourth-order valence-corrected chi connectivity index (χ4v) is 2.31. The van der Waals surface area contributed by atoms with Crippen molar-refractivity contribution in [1.29, 1.82) is 0 Å². The first-order valence-corrected chi connectivity index (χ1v) is 6.81. The second-order valence-corrected chi connectivity index (χ2v) is 5.20. The van der Waals surface area contributed by atoms with Gasteiger partial charge in [0, 0.05) is 19.0 Å². The van der Waals surface area contributed by atoms with Crippen LogP contribution in [-0.2, 0) is 9.59 Å². The van der Waals surface area contributed by atoms with E-state index in [2.05, 4.69) is 0 Å². The third kappa shape index (κ3) is 3.87. The molecule has 5 nitrogen and oxygen atoms in total. The number of likely N-dealkylation sites (tertiary alicyclic amines) is 1. The van der Waals surface area contributed by atoms with Crippen LogP contribution in [0.5, 0.6) is 5.75 Å². The van der Waals surface area contributed by atoms with Gasteiger partial charge < -0.3 is 14.7 Å². The number of amides is 1. The van der Waals surface area contributed by atoms with Gasteiger partial charge >= 0.3 is 5.97 Å². The highest BCUT2D eigenvalue weighted by Crippen LogP contribution is 2.24. The van der Waals surface area contributed by atoms with Crippen molar-refractivity contribution in [3.63, 3.8) is 0 Å². The van der Waals surface area contributed by atoms with Crippen LogP contribution in [0, 0.1) is 5.92 Å². The molecule has 0 saturated carbocycles. The SMILES string of the molecule is O=C(O)CC1CN(C(=O)CCOc2ccccc2Cl)C1. The summed E-state index contributed by atoms with van der Waals surface area (Å²) >= 11 is 5.93. The molecule has 0 spiro atoms. The summed E-state index contributed by atoms with van der Waals surface area (Å²) in [4.78, 5) is 24.0. The first-order chi connectivity index (χ1) is 9.56. The molecule has 20 heavy (non-hydrogen) atoms. The second-order valence-electron chi connectivity index (χ2n) is 4.79. The minimum absolute atomic E-state index is 0.0151. The van der Waals surface area contributed by atoms with E-state index in [0.29, 0.717) is 23.9 Å². The highest BCUT2D eigenvalue weighted by atomic mass is 35.5. The summed E-state index contributed by atoms with van der Waals surface area (Å²) in [5, 5.41) is 9.15. The summed E-state index contributed by atoms with van der Waals surface area (Å²) in [7, 11) is 0. The molecule has 1 saturated heterocycles. The lowest BCUT2D eigenvalue weighted by Gasteiger charge is -2.38. The number of carboxylic acid groups (broad SMARTS) is 1. The fourth-order valence-electron chi connectivity index (χ4n) is 2.12. The van der Waals surface area contributed by atoms with Crippen LogP contribution in [-0.4, -0.2) is 41.6 Å². The van der Waals surface area contributed by atoms with Gasteiger partial charge in [-0.05, 0) is 12.1 Å². The van der Waals surface area contributed by atoms with E-state index >= 15 is 0 Å². The van der Waals surface area contributed by atoms with E-state index in [1.54, 1.807) is 17.0 Å². The van der Waals surface area contributed by atoms with Crippen molar-refractivity contribution in [1.82, 2.24) is 4.90 Å². The van der Waals surface area contributed by atoms with Crippen LogP contribution < -0.4 is 4.74 Å². The van der Waals surface area contributed by atoms with Crippen LogP contribution in [0.2, 0.25) is 5.02 Å². The third-order valence-corrected chi connectivity index (χ3v) is 3.50. The monoisotopic (exact) mass is 297 g/mol. The van der Waals surface area contributed by atoms with Gasteiger partial charge in [-0.3, -0.25) is 9.59 Å². The molecule has 6 heteroatoms. The predicted octanol–water partition coefficient (Wildman–Crippen LogP) is 2.04. The number of ether oxygens (including phenoxy) is 1. The highest BCUT2D eigenvalue weighted by Gasteiger charge is 2.31. The van der Waals surface area contributed by atoms with Crippen LogP contribution in [0.4, 0.5) is 0 Å². The van der Waals surface area contributed by atoms with Crippen molar-refractivity contribution in [3.05, 3.63) is 29.3 Å². The van der Waals surface area contributed by atoms with Gasteiger partial charge in [0.05, 0.1) is 24.5 Å². The zero-order chi connectivity index (χ0) is 14.5. The molecule has 0 bridgehead atoms. The number of carboxylic acids is 1. The number of rotatable bonds is 6. The molecule has 1 heterocycles. The number of nitrogens with zero attached hydrogens (tertiary/aromatic N) is 1. The Morgan fingerprint density at radius 2 is 2.05 bits per heavy atom. The molecule has 0 aromatic heterocycles. The van der Waals surface area contributed by atoms with Crippen LogP contribution >= 0.6 is 11.6 Å². The normalized spacial score (nSPS) is 14.8. The van der Waals surface area contributed by atoms with Crippen LogP contribution in [0.15, 0.2) is 24.3 Å². The highest BCUT2D eigenvalue weighted by molar-refractivity contribution is 6.32. The van der Waals surface area contributed by atoms with Gasteiger partial charge in [0.1, 0.15) is 5.75 Å². The zero-order valence-electron chi connectivity index (χ0n) is 10.9. The Bertz CT molecular complexity index is 500. The average Bonchev–Trinajstić information content (AvgIpc) is 2.35. The molecule has 108 valence electrons. The van der Waals surface area contributed by atoms with E-state index in [1.807, 2.05) is 12.1 Å². The third-order valence-electron chi connectivity index (χ3n) is 3.18. The minimum Gasteiger partial charge on any atom is -0.491 e. The van der Waals surface area contributed by atoms with E-state index in [-0.39, 0.29) is 31.3 Å². The maximum Gasteiger partial charge on any atom is 0.303 e. The van der Waals surface area contributed by atoms with Gasteiger partial charge in [-0.25, -0.2) is 0 Å². The van der Waals surface area contributed by atoms with Crippen molar-refractivity contribution in [2.45, 2.75) is 12.8 Å². The fraction of sp³-hybridized carbons (Fsp3) is 0.429. The molecule has 0 unspecified atom stereocenters. The summed E-state index contributed by atoms with van der Waals surface area (Å²) in [6.07, 6.45) is 0.394. The Morgan fingerprint density at radius 1 is 1.35 bits per heavy atom. The van der Waals surface area contributed by atoms with Crippen LogP contribution in [0.3, 0.4) is 0 Å². The van der Waals surface area contributed by atoms with Crippen molar-refractivity contribution in [2.75, 3.05) is 19.7 Å². The first kappa shape index (κ1) is 14.7. The molecule has 1 amide bonds. The molecule has 1 aromatic rings. The molecule has 0 radical (unpaired) electrons. The average molecular weight is 298 g/mol. The number of halogens is 1. The van der Waals surface area contributed by atoms with Gasteiger partial charge in [-0.2, -0.15) is 0 Å². The predicted molar refractivity (Wildman–Crippen MR) is 73.9 cm³/mol. The molecule has 1 N–H and O–H groups in total. The Morgan fingerprint density at radius 3 is 2.70 bits per heavy atom. The molecule has 1 aliphatic heterocycles. The molecule has 1 aromatic carbocycles. The summed E-state index contributed by atoms with van der Waals surface area (Å²) in [6, 6.07) is 7.10. The van der Waals surface area contributed by atoms with Gasteiger partial charge in [0.15, 0.2) is 0 Å². The van der Waals surface area contributed by atoms with E-state index in [9.17, 15) is 9.59 Å². The number of carbonyl (C=O) groups excluding carboxylic acids is 1. The second kappa shape index (κ2) is 6.61. The maximum absolute atomic E-state index is 11.8. The van der Waals surface area contributed by atoms with E-state index < -0.39 is 5.97 Å². The van der Waals surface area contributed by atoms with Crippen molar-refractivity contribution in [2.24, 2.45) is 5.92 Å². The van der Waals surface area contributed by atoms with Crippen molar-refractivity contribution >= 4 is 23.5 Å². The molecule has 0 atom stereocenters. The maximum atomic E-state index is 11.8. The van der Waals surface area contributed by atoms with Gasteiger partial charge in [-0.1, -0.05) is 23.7 Å². The Labute approximate surface area is 122 Å². The summed E-state index contributed by atoms with van der Waals surface area (Å²) < 4.78 is 5.44. The quantitative estimate of drug-likeness (QED) is 0.872. The van der Waals surface area contributed by atoms with E-state index in [0.717, 1.165) is 0 Å². The molecule has 2 rings (SSSR count).